The number of nitrogens with zero attached hydrogens (tertiary/aromatic N) is 2. The van der Waals surface area contributed by atoms with Crippen molar-refractivity contribution in [3.05, 3.63) is 35.9 Å². The Morgan fingerprint density at radius 3 is 2.52 bits per heavy atom. The van der Waals surface area contributed by atoms with Gasteiger partial charge in [0.15, 0.2) is 0 Å². The first-order valence-corrected chi connectivity index (χ1v) is 10.7. The van der Waals surface area contributed by atoms with Crippen LogP contribution >= 0.6 is 0 Å². The van der Waals surface area contributed by atoms with Crippen LogP contribution in [-0.2, 0) is 11.3 Å². The van der Waals surface area contributed by atoms with Gasteiger partial charge in [-0.05, 0) is 42.1 Å². The van der Waals surface area contributed by atoms with Gasteiger partial charge in [0.05, 0.1) is 0 Å². The Balaban J connectivity index is 1.61. The van der Waals surface area contributed by atoms with Gasteiger partial charge >= 0.3 is 6.09 Å². The lowest BCUT2D eigenvalue weighted by Crippen LogP contribution is -2.52. The predicted octanol–water partition coefficient (Wildman–Crippen LogP) is 3.43. The summed E-state index contributed by atoms with van der Waals surface area (Å²) >= 11 is 0. The van der Waals surface area contributed by atoms with E-state index in [4.69, 9.17) is 0 Å². The first-order valence-electron chi connectivity index (χ1n) is 10.7. The third-order valence-electron chi connectivity index (χ3n) is 6.39. The van der Waals surface area contributed by atoms with Crippen molar-refractivity contribution in [3.8, 4) is 0 Å². The second-order valence-corrected chi connectivity index (χ2v) is 9.97. The summed E-state index contributed by atoms with van der Waals surface area (Å²) in [6.45, 7) is 9.12. The SMILES string of the molecule is CN(C(=O)O)[C@@H](CC(C)(C)C)C(=O)N[C@@H]1CC[C@H]2CN(Cc3ccccc3)C[C@H]21. The summed E-state index contributed by atoms with van der Waals surface area (Å²) in [6.07, 6.45) is 1.55. The normalized spacial score (nSPS) is 25.4. The van der Waals surface area contributed by atoms with Gasteiger partial charge in [-0.25, -0.2) is 4.79 Å². The molecule has 0 spiro atoms. The van der Waals surface area contributed by atoms with E-state index in [1.165, 1.54) is 12.6 Å². The summed E-state index contributed by atoms with van der Waals surface area (Å²) in [5, 5.41) is 12.6. The number of likely N-dealkylation sites (N-methyl/N-ethyl adjacent to an activating group) is 1. The van der Waals surface area contributed by atoms with Crippen LogP contribution in [0.5, 0.6) is 0 Å². The van der Waals surface area contributed by atoms with Gasteiger partial charge < -0.3 is 10.4 Å². The average molecular weight is 402 g/mol. The highest BCUT2D eigenvalue weighted by atomic mass is 16.4. The van der Waals surface area contributed by atoms with Crippen LogP contribution in [0.15, 0.2) is 30.3 Å². The van der Waals surface area contributed by atoms with E-state index in [0.29, 0.717) is 18.3 Å². The van der Waals surface area contributed by atoms with Crippen molar-refractivity contribution in [3.63, 3.8) is 0 Å². The molecule has 1 aliphatic carbocycles. The number of rotatable bonds is 6. The Hall–Kier alpha value is -2.08. The number of amides is 2. The second-order valence-electron chi connectivity index (χ2n) is 9.97. The molecular formula is C23H35N3O3. The topological polar surface area (TPSA) is 72.9 Å². The molecule has 6 heteroatoms. The van der Waals surface area contributed by atoms with E-state index in [9.17, 15) is 14.7 Å². The van der Waals surface area contributed by atoms with Crippen LogP contribution in [0.1, 0.15) is 45.6 Å². The van der Waals surface area contributed by atoms with Gasteiger partial charge in [0.1, 0.15) is 6.04 Å². The van der Waals surface area contributed by atoms with Crippen LogP contribution in [0.3, 0.4) is 0 Å². The Morgan fingerprint density at radius 2 is 1.90 bits per heavy atom. The molecule has 2 fully saturated rings. The van der Waals surface area contributed by atoms with Crippen molar-refractivity contribution in [2.75, 3.05) is 20.1 Å². The fraction of sp³-hybridized carbons (Fsp3) is 0.652. The molecule has 1 aromatic rings. The van der Waals surface area contributed by atoms with Crippen molar-refractivity contribution in [2.45, 2.75) is 58.7 Å². The smallest absolute Gasteiger partial charge is 0.407 e. The third-order valence-corrected chi connectivity index (χ3v) is 6.39. The van der Waals surface area contributed by atoms with Crippen molar-refractivity contribution < 1.29 is 14.7 Å². The molecule has 160 valence electrons. The molecular weight excluding hydrogens is 366 g/mol. The van der Waals surface area contributed by atoms with Crippen LogP contribution < -0.4 is 5.32 Å². The Labute approximate surface area is 174 Å². The molecule has 2 N–H and O–H groups in total. The predicted molar refractivity (Wildman–Crippen MR) is 114 cm³/mol. The largest absolute Gasteiger partial charge is 0.465 e. The fourth-order valence-corrected chi connectivity index (χ4v) is 4.91. The number of hydrogen-bond acceptors (Lipinski definition) is 3. The molecule has 4 atom stereocenters. The molecule has 3 rings (SSSR count). The number of carbonyl (C=O) groups excluding carboxylic acids is 1. The summed E-state index contributed by atoms with van der Waals surface area (Å²) < 4.78 is 0. The van der Waals surface area contributed by atoms with Crippen LogP contribution in [0, 0.1) is 17.3 Å². The maximum Gasteiger partial charge on any atom is 0.407 e. The second kappa shape index (κ2) is 8.74. The number of benzene rings is 1. The lowest BCUT2D eigenvalue weighted by Gasteiger charge is -2.32. The van der Waals surface area contributed by atoms with E-state index < -0.39 is 12.1 Å². The molecule has 1 heterocycles. The Kier molecular flexibility index (Phi) is 6.52. The average Bonchev–Trinajstić information content (AvgIpc) is 3.20. The van der Waals surface area contributed by atoms with Crippen LogP contribution in [0.25, 0.3) is 0 Å². The summed E-state index contributed by atoms with van der Waals surface area (Å²) in [5.41, 5.74) is 1.19. The van der Waals surface area contributed by atoms with Gasteiger partial charge in [-0.2, -0.15) is 0 Å². The maximum absolute atomic E-state index is 13.1. The van der Waals surface area contributed by atoms with Crippen molar-refractivity contribution in [1.82, 2.24) is 15.1 Å². The van der Waals surface area contributed by atoms with Crippen molar-refractivity contribution >= 4 is 12.0 Å². The molecule has 1 saturated carbocycles. The quantitative estimate of drug-likeness (QED) is 0.766. The zero-order valence-electron chi connectivity index (χ0n) is 18.1. The van der Waals surface area contributed by atoms with E-state index in [1.807, 2.05) is 26.8 Å². The number of carboxylic acid groups (broad SMARTS) is 1. The van der Waals surface area contributed by atoms with Gasteiger partial charge in [-0.1, -0.05) is 51.1 Å². The molecule has 1 aliphatic heterocycles. The molecule has 2 amide bonds. The molecule has 0 aromatic heterocycles. The number of fused-ring (bicyclic) bond motifs is 1. The number of likely N-dealkylation sites (tertiary alicyclic amines) is 1. The van der Waals surface area contributed by atoms with Crippen molar-refractivity contribution in [1.29, 1.82) is 0 Å². The first kappa shape index (κ1) is 21.6. The van der Waals surface area contributed by atoms with Gasteiger partial charge in [-0.15, -0.1) is 0 Å². The van der Waals surface area contributed by atoms with E-state index in [1.54, 1.807) is 0 Å². The van der Waals surface area contributed by atoms with Gasteiger partial charge in [-0.3, -0.25) is 14.6 Å². The van der Waals surface area contributed by atoms with E-state index in [0.717, 1.165) is 37.4 Å². The zero-order chi connectivity index (χ0) is 21.2. The lowest BCUT2D eigenvalue weighted by molar-refractivity contribution is -0.127. The summed E-state index contributed by atoms with van der Waals surface area (Å²) in [5.74, 6) is 0.910. The minimum Gasteiger partial charge on any atom is -0.465 e. The van der Waals surface area contributed by atoms with E-state index in [-0.39, 0.29) is 17.4 Å². The van der Waals surface area contributed by atoms with Gasteiger partial charge in [0.25, 0.3) is 0 Å². The van der Waals surface area contributed by atoms with Crippen LogP contribution in [-0.4, -0.2) is 59.1 Å². The summed E-state index contributed by atoms with van der Waals surface area (Å²) in [4.78, 5) is 28.2. The van der Waals surface area contributed by atoms with Gasteiger partial charge in [0, 0.05) is 32.7 Å². The molecule has 2 aliphatic rings. The van der Waals surface area contributed by atoms with E-state index >= 15 is 0 Å². The highest BCUT2D eigenvalue weighted by molar-refractivity contribution is 5.85. The molecule has 0 unspecified atom stereocenters. The van der Waals surface area contributed by atoms with Crippen LogP contribution in [0.2, 0.25) is 0 Å². The highest BCUT2D eigenvalue weighted by Gasteiger charge is 2.44. The number of nitrogens with one attached hydrogen (secondary N) is 1. The summed E-state index contributed by atoms with van der Waals surface area (Å²) in [6, 6.07) is 9.98. The molecule has 0 bridgehead atoms. The Morgan fingerprint density at radius 1 is 1.21 bits per heavy atom. The van der Waals surface area contributed by atoms with Gasteiger partial charge in [0.2, 0.25) is 5.91 Å². The van der Waals surface area contributed by atoms with Crippen molar-refractivity contribution in [2.24, 2.45) is 17.3 Å². The molecule has 0 radical (unpaired) electrons. The fourth-order valence-electron chi connectivity index (χ4n) is 4.91. The molecule has 6 nitrogen and oxygen atoms in total. The molecule has 1 saturated heterocycles. The number of hydrogen-bond donors (Lipinski definition) is 2. The van der Waals surface area contributed by atoms with Crippen LogP contribution in [0.4, 0.5) is 4.79 Å². The minimum absolute atomic E-state index is 0.135. The number of carbonyl (C=O) groups is 2. The summed E-state index contributed by atoms with van der Waals surface area (Å²) in [7, 11) is 1.49. The monoisotopic (exact) mass is 401 g/mol. The van der Waals surface area contributed by atoms with E-state index in [2.05, 4.69) is 34.5 Å². The molecule has 29 heavy (non-hydrogen) atoms. The minimum atomic E-state index is -1.06. The maximum atomic E-state index is 13.1. The third kappa shape index (κ3) is 5.50. The lowest BCUT2D eigenvalue weighted by atomic mass is 9.87. The standard InChI is InChI=1S/C23H35N3O3/c1-23(2,3)12-20(25(4)22(28)29)21(27)24-19-11-10-17-14-26(15-18(17)19)13-16-8-6-5-7-9-16/h5-9,17-20H,10-15H2,1-4H3,(H,24,27)(H,28,29)/t17-,18+,19+,20-/m0/s1. The highest BCUT2D eigenvalue weighted by Crippen LogP contribution is 2.39. The first-order chi connectivity index (χ1) is 13.6. The Bertz CT molecular complexity index is 716. The molecule has 1 aromatic carbocycles. The zero-order valence-corrected chi connectivity index (χ0v) is 18.1.